The predicted octanol–water partition coefficient (Wildman–Crippen LogP) is -3.09. The van der Waals surface area contributed by atoms with Gasteiger partial charge in [-0.05, 0) is 0 Å². The Hall–Kier alpha value is 1.72. The van der Waals surface area contributed by atoms with E-state index in [1.807, 2.05) is 0 Å². The monoisotopic (exact) mass is 232 g/mol. The molecule has 0 unspecified atom stereocenters. The molecule has 0 atom stereocenters. The number of hydrogen-bond donors (Lipinski definition) is 3. The van der Waals surface area contributed by atoms with Gasteiger partial charge in [-0.3, -0.25) is 0 Å². The molecular formula is H5AsO4Sr. The van der Waals surface area contributed by atoms with Crippen molar-refractivity contribution in [3.8, 4) is 0 Å². The van der Waals surface area contributed by atoms with E-state index in [1.54, 1.807) is 0 Å². The SMILES string of the molecule is O=[As](O)(O)O.[SrH2]. The summed E-state index contributed by atoms with van der Waals surface area (Å²) in [6.07, 6.45) is 0. The molecule has 0 aliphatic heterocycles. The van der Waals surface area contributed by atoms with Gasteiger partial charge in [0.15, 0.2) is 0 Å². The van der Waals surface area contributed by atoms with Crippen molar-refractivity contribution < 1.29 is 16.0 Å². The standard InChI is InChI=1S/AsH3O4.Sr.2H/c2-1(3,4)5;;;/h(H3,2,3,4,5);;;. The molecule has 3 N–H and O–H groups in total. The summed E-state index contributed by atoms with van der Waals surface area (Å²) in [7, 11) is 0. The number of hydrogen-bond acceptors (Lipinski definition) is 1. The molecule has 0 bridgehead atoms. The first-order valence-electron chi connectivity index (χ1n) is 0.783. The molecule has 0 saturated carbocycles. The zero-order chi connectivity index (χ0) is 4.50. The first-order valence-corrected chi connectivity index (χ1v) is 4.07. The molecule has 0 aromatic carbocycles. The van der Waals surface area contributed by atoms with Gasteiger partial charge in [-0.1, -0.05) is 0 Å². The molecule has 0 saturated heterocycles. The van der Waals surface area contributed by atoms with Gasteiger partial charge in [0.05, 0.1) is 0 Å². The molecule has 0 amide bonds. The van der Waals surface area contributed by atoms with Crippen LogP contribution in [-0.4, -0.2) is 72.3 Å². The van der Waals surface area contributed by atoms with Crippen molar-refractivity contribution in [3.05, 3.63) is 0 Å². The maximum absolute atomic E-state index is 8.94. The van der Waals surface area contributed by atoms with Crippen molar-refractivity contribution in [1.82, 2.24) is 0 Å². The fourth-order valence-electron chi connectivity index (χ4n) is 0. The van der Waals surface area contributed by atoms with Crippen molar-refractivity contribution in [1.29, 1.82) is 0 Å². The molecule has 0 aliphatic carbocycles. The summed E-state index contributed by atoms with van der Waals surface area (Å²) in [6, 6.07) is 0. The molecule has 6 heavy (non-hydrogen) atoms. The maximum atomic E-state index is 8.94. The third-order valence-corrected chi connectivity index (χ3v) is 0. The third-order valence-electron chi connectivity index (χ3n) is 0. The molecular weight excluding hydrogens is 227 g/mol. The van der Waals surface area contributed by atoms with Crippen LogP contribution >= 0.6 is 0 Å². The van der Waals surface area contributed by atoms with E-state index in [1.165, 1.54) is 0 Å². The van der Waals surface area contributed by atoms with Crippen LogP contribution in [0.5, 0.6) is 0 Å². The van der Waals surface area contributed by atoms with Crippen LogP contribution in [0.25, 0.3) is 0 Å². The Morgan fingerprint density at radius 3 is 1.17 bits per heavy atom. The van der Waals surface area contributed by atoms with Gasteiger partial charge in [0.1, 0.15) is 0 Å². The number of rotatable bonds is 0. The average molecular weight is 232 g/mol. The van der Waals surface area contributed by atoms with E-state index in [0.717, 1.165) is 0 Å². The van der Waals surface area contributed by atoms with E-state index in [0.29, 0.717) is 0 Å². The van der Waals surface area contributed by atoms with E-state index < -0.39 is 14.5 Å². The van der Waals surface area contributed by atoms with Gasteiger partial charge in [-0.25, -0.2) is 0 Å². The summed E-state index contributed by atoms with van der Waals surface area (Å²) < 4.78 is 30.7. The van der Waals surface area contributed by atoms with Gasteiger partial charge in [0.25, 0.3) is 0 Å². The third kappa shape index (κ3) is 43.1. The van der Waals surface area contributed by atoms with Crippen LogP contribution in [-0.2, 0) is 3.74 Å². The van der Waals surface area contributed by atoms with Crippen LogP contribution < -0.4 is 0 Å². The van der Waals surface area contributed by atoms with E-state index in [4.69, 9.17) is 16.0 Å². The van der Waals surface area contributed by atoms with Crippen LogP contribution in [0.3, 0.4) is 0 Å². The van der Waals surface area contributed by atoms with E-state index >= 15 is 0 Å². The van der Waals surface area contributed by atoms with Gasteiger partial charge in [0.2, 0.25) is 0 Å². The Morgan fingerprint density at radius 2 is 1.17 bits per heavy atom. The van der Waals surface area contributed by atoms with Gasteiger partial charge in [-0.15, -0.1) is 0 Å². The summed E-state index contributed by atoms with van der Waals surface area (Å²) in [5, 5.41) is 0. The second kappa shape index (κ2) is 3.69. The van der Waals surface area contributed by atoms with Crippen molar-refractivity contribution in [2.45, 2.75) is 0 Å². The predicted molar refractivity (Wildman–Crippen MR) is 21.6 cm³/mol. The summed E-state index contributed by atoms with van der Waals surface area (Å²) in [6.45, 7) is 0. The van der Waals surface area contributed by atoms with E-state index in [-0.39, 0.29) is 45.5 Å². The normalized spacial score (nSPS) is 9.83. The molecule has 0 radical (unpaired) electrons. The van der Waals surface area contributed by atoms with Crippen LogP contribution in [0.2, 0.25) is 0 Å². The first-order chi connectivity index (χ1) is 2.00. The molecule has 0 aliphatic rings. The summed E-state index contributed by atoms with van der Waals surface area (Å²) in [5.74, 6) is 0. The molecule has 0 rings (SSSR count). The van der Waals surface area contributed by atoms with E-state index in [9.17, 15) is 0 Å². The first kappa shape index (κ1) is 10.7. The molecule has 6 heteroatoms. The van der Waals surface area contributed by atoms with Gasteiger partial charge in [-0.2, -0.15) is 0 Å². The molecule has 4 nitrogen and oxygen atoms in total. The van der Waals surface area contributed by atoms with Crippen molar-refractivity contribution in [2.75, 3.05) is 0 Å². The summed E-state index contributed by atoms with van der Waals surface area (Å²) >= 11 is -5.12. The topological polar surface area (TPSA) is 77.8 Å². The van der Waals surface area contributed by atoms with Gasteiger partial charge >= 0.3 is 76.0 Å². The zero-order valence-corrected chi connectivity index (χ0v) is 4.07. The molecule has 0 heterocycles. The van der Waals surface area contributed by atoms with Crippen LogP contribution in [0.1, 0.15) is 0 Å². The molecule has 0 aromatic heterocycles. The van der Waals surface area contributed by atoms with E-state index in [2.05, 4.69) is 0 Å². The Balaban J connectivity index is 0. The fraction of sp³-hybridized carbons (Fsp3) is 0. The second-order valence-corrected chi connectivity index (χ2v) is 2.67. The Kier molecular flexibility index (Phi) is 6.55. The summed E-state index contributed by atoms with van der Waals surface area (Å²) in [4.78, 5) is 0. The van der Waals surface area contributed by atoms with Crippen molar-refractivity contribution in [3.63, 3.8) is 0 Å². The minimum absolute atomic E-state index is 0. The Labute approximate surface area is 74.8 Å². The average Bonchev–Trinajstić information content (AvgIpc) is 0.722. The van der Waals surface area contributed by atoms with Crippen LogP contribution in [0.4, 0.5) is 0 Å². The quantitative estimate of drug-likeness (QED) is 0.386. The van der Waals surface area contributed by atoms with Gasteiger partial charge < -0.3 is 0 Å². The molecule has 36 valence electrons. The molecule has 0 aromatic rings. The molecule has 0 spiro atoms. The minimum atomic E-state index is -5.12. The van der Waals surface area contributed by atoms with Crippen LogP contribution in [0, 0.1) is 0 Å². The molecule has 0 fully saturated rings. The Morgan fingerprint density at radius 1 is 1.17 bits per heavy atom. The van der Waals surface area contributed by atoms with Crippen molar-refractivity contribution in [2.24, 2.45) is 0 Å². The Bertz CT molecular complexity index is 53.7. The zero-order valence-electron chi connectivity index (χ0n) is 2.20. The van der Waals surface area contributed by atoms with Gasteiger partial charge in [0, 0.05) is 0 Å². The fourth-order valence-corrected chi connectivity index (χ4v) is 0. The van der Waals surface area contributed by atoms with Crippen LogP contribution in [0.15, 0.2) is 0 Å². The van der Waals surface area contributed by atoms with Crippen molar-refractivity contribution >= 4 is 60.0 Å². The second-order valence-electron chi connectivity index (χ2n) is 0.513. The summed E-state index contributed by atoms with van der Waals surface area (Å²) in [5.41, 5.74) is 0.